The average molecular weight is 195 g/mol. The summed E-state index contributed by atoms with van der Waals surface area (Å²) in [5.74, 6) is -0.897. The minimum Gasteiger partial charge on any atom is -0.481 e. The van der Waals surface area contributed by atoms with Gasteiger partial charge < -0.3 is 10.0 Å². The van der Waals surface area contributed by atoms with Crippen molar-refractivity contribution in [2.45, 2.75) is 19.8 Å². The number of carbonyl (C=O) groups excluding carboxylic acids is 1. The van der Waals surface area contributed by atoms with Crippen molar-refractivity contribution in [1.82, 2.24) is 4.90 Å². The molecule has 0 saturated heterocycles. The summed E-state index contributed by atoms with van der Waals surface area (Å²) >= 11 is 0. The van der Waals surface area contributed by atoms with E-state index >= 15 is 0 Å². The topological polar surface area (TPSA) is 57.6 Å². The average Bonchev–Trinajstić information content (AvgIpc) is 2.21. The number of hydrogen-bond acceptors (Lipinski definition) is 2. The standard InChI is InChI=1S/C10H13NO3/c1-7-8(6-10(13)14)4-3-5-9(12)11(7)2/h3-4H,5-6H2,1-2H3,(H,13,14). The molecule has 0 unspecified atom stereocenters. The first kappa shape index (κ1) is 10.5. The zero-order valence-electron chi connectivity index (χ0n) is 8.28. The second-order valence-corrected chi connectivity index (χ2v) is 3.24. The van der Waals surface area contributed by atoms with Gasteiger partial charge in [-0.15, -0.1) is 0 Å². The third-order valence-corrected chi connectivity index (χ3v) is 2.30. The maximum absolute atomic E-state index is 11.3. The SMILES string of the molecule is CC1=C(CC(=O)O)C=CCC(=O)N1C. The van der Waals surface area contributed by atoms with Gasteiger partial charge in [0.05, 0.1) is 6.42 Å². The van der Waals surface area contributed by atoms with E-state index in [0.717, 1.165) is 0 Å². The number of amides is 1. The number of carboxylic acid groups (broad SMARTS) is 1. The van der Waals surface area contributed by atoms with E-state index < -0.39 is 5.97 Å². The molecule has 1 rings (SSSR count). The van der Waals surface area contributed by atoms with Crippen molar-refractivity contribution in [3.8, 4) is 0 Å². The molecule has 0 spiro atoms. The summed E-state index contributed by atoms with van der Waals surface area (Å²) in [7, 11) is 1.66. The molecule has 0 aromatic rings. The van der Waals surface area contributed by atoms with Crippen LogP contribution in [0.25, 0.3) is 0 Å². The number of hydrogen-bond donors (Lipinski definition) is 1. The summed E-state index contributed by atoms with van der Waals surface area (Å²) in [6, 6.07) is 0. The van der Waals surface area contributed by atoms with Gasteiger partial charge in [0, 0.05) is 19.2 Å². The van der Waals surface area contributed by atoms with Gasteiger partial charge in [0.25, 0.3) is 0 Å². The zero-order valence-corrected chi connectivity index (χ0v) is 8.28. The van der Waals surface area contributed by atoms with E-state index in [1.807, 2.05) is 0 Å². The number of carbonyl (C=O) groups is 2. The van der Waals surface area contributed by atoms with Crippen LogP contribution in [0, 0.1) is 0 Å². The molecule has 76 valence electrons. The molecule has 0 saturated carbocycles. The van der Waals surface area contributed by atoms with Crippen LogP contribution < -0.4 is 0 Å². The lowest BCUT2D eigenvalue weighted by molar-refractivity contribution is -0.136. The van der Waals surface area contributed by atoms with Crippen molar-refractivity contribution in [2.24, 2.45) is 0 Å². The molecule has 1 aliphatic heterocycles. The first-order valence-electron chi connectivity index (χ1n) is 4.37. The highest BCUT2D eigenvalue weighted by Gasteiger charge is 2.16. The lowest BCUT2D eigenvalue weighted by Gasteiger charge is -2.17. The van der Waals surface area contributed by atoms with Crippen molar-refractivity contribution in [3.63, 3.8) is 0 Å². The highest BCUT2D eigenvalue weighted by atomic mass is 16.4. The third-order valence-electron chi connectivity index (χ3n) is 2.30. The van der Waals surface area contributed by atoms with E-state index in [0.29, 0.717) is 17.7 Å². The van der Waals surface area contributed by atoms with Crippen LogP contribution in [0.1, 0.15) is 19.8 Å². The molecule has 4 nitrogen and oxygen atoms in total. The molecule has 1 heterocycles. The lowest BCUT2D eigenvalue weighted by atomic mass is 10.1. The minimum absolute atomic E-state index is 0.0147. The van der Waals surface area contributed by atoms with Crippen molar-refractivity contribution in [1.29, 1.82) is 0 Å². The van der Waals surface area contributed by atoms with Crippen molar-refractivity contribution in [3.05, 3.63) is 23.4 Å². The fraction of sp³-hybridized carbons (Fsp3) is 0.400. The second kappa shape index (κ2) is 4.09. The van der Waals surface area contributed by atoms with Gasteiger partial charge in [0.2, 0.25) is 5.91 Å². The van der Waals surface area contributed by atoms with E-state index in [4.69, 9.17) is 5.11 Å². The fourth-order valence-electron chi connectivity index (χ4n) is 1.31. The van der Waals surface area contributed by atoms with Crippen LogP contribution in [0.2, 0.25) is 0 Å². The van der Waals surface area contributed by atoms with Gasteiger partial charge in [-0.05, 0) is 12.5 Å². The van der Waals surface area contributed by atoms with Crippen LogP contribution in [0.4, 0.5) is 0 Å². The Balaban J connectivity index is 2.98. The lowest BCUT2D eigenvalue weighted by Crippen LogP contribution is -2.24. The van der Waals surface area contributed by atoms with Crippen LogP contribution in [0.15, 0.2) is 23.4 Å². The van der Waals surface area contributed by atoms with E-state index in [9.17, 15) is 9.59 Å². The fourth-order valence-corrected chi connectivity index (χ4v) is 1.31. The van der Waals surface area contributed by atoms with Crippen LogP contribution >= 0.6 is 0 Å². The molecule has 1 N–H and O–H groups in total. The normalized spacial score (nSPS) is 17.3. The predicted octanol–water partition coefficient (Wildman–Crippen LogP) is 1.15. The van der Waals surface area contributed by atoms with E-state index in [-0.39, 0.29) is 12.3 Å². The molecule has 14 heavy (non-hydrogen) atoms. The van der Waals surface area contributed by atoms with Crippen LogP contribution in [0.5, 0.6) is 0 Å². The third kappa shape index (κ3) is 2.22. The van der Waals surface area contributed by atoms with E-state index in [1.54, 1.807) is 26.1 Å². The molecule has 0 aliphatic carbocycles. The van der Waals surface area contributed by atoms with Gasteiger partial charge in [-0.3, -0.25) is 9.59 Å². The summed E-state index contributed by atoms with van der Waals surface area (Å²) in [5, 5.41) is 8.66. The Morgan fingerprint density at radius 2 is 2.29 bits per heavy atom. The largest absolute Gasteiger partial charge is 0.481 e. The highest BCUT2D eigenvalue weighted by molar-refractivity contribution is 5.81. The number of nitrogens with zero attached hydrogens (tertiary/aromatic N) is 1. The summed E-state index contributed by atoms with van der Waals surface area (Å²) in [6.07, 6.45) is 3.70. The molecule has 0 aromatic heterocycles. The first-order valence-corrected chi connectivity index (χ1v) is 4.37. The second-order valence-electron chi connectivity index (χ2n) is 3.24. The molecule has 4 heteroatoms. The Kier molecular flexibility index (Phi) is 3.06. The van der Waals surface area contributed by atoms with Crippen molar-refractivity contribution in [2.75, 3.05) is 7.05 Å². The number of allylic oxidation sites excluding steroid dienone is 2. The summed E-state index contributed by atoms with van der Waals surface area (Å²) in [6.45, 7) is 1.76. The summed E-state index contributed by atoms with van der Waals surface area (Å²) in [5.41, 5.74) is 1.40. The van der Waals surface area contributed by atoms with Gasteiger partial charge in [0.15, 0.2) is 0 Å². The summed E-state index contributed by atoms with van der Waals surface area (Å²) < 4.78 is 0. The van der Waals surface area contributed by atoms with Gasteiger partial charge in [0.1, 0.15) is 0 Å². The Morgan fingerprint density at radius 3 is 2.86 bits per heavy atom. The Bertz CT molecular complexity index is 328. The maximum Gasteiger partial charge on any atom is 0.307 e. The van der Waals surface area contributed by atoms with Gasteiger partial charge in [-0.25, -0.2) is 0 Å². The smallest absolute Gasteiger partial charge is 0.307 e. The predicted molar refractivity (Wildman–Crippen MR) is 51.5 cm³/mol. The molecule has 0 aromatic carbocycles. The molecule has 1 amide bonds. The van der Waals surface area contributed by atoms with Crippen LogP contribution in [0.3, 0.4) is 0 Å². The first-order chi connectivity index (χ1) is 6.52. The Hall–Kier alpha value is -1.58. The van der Waals surface area contributed by atoms with Gasteiger partial charge in [-0.1, -0.05) is 12.2 Å². The number of aliphatic carboxylic acids is 1. The van der Waals surface area contributed by atoms with Crippen LogP contribution in [-0.2, 0) is 9.59 Å². The van der Waals surface area contributed by atoms with E-state index in [1.165, 1.54) is 4.90 Å². The quantitative estimate of drug-likeness (QED) is 0.719. The monoisotopic (exact) mass is 195 g/mol. The number of rotatable bonds is 2. The van der Waals surface area contributed by atoms with E-state index in [2.05, 4.69) is 0 Å². The Morgan fingerprint density at radius 1 is 1.64 bits per heavy atom. The van der Waals surface area contributed by atoms with Gasteiger partial charge in [-0.2, -0.15) is 0 Å². The van der Waals surface area contributed by atoms with Crippen molar-refractivity contribution >= 4 is 11.9 Å². The molecule has 0 atom stereocenters. The molecule has 1 aliphatic rings. The number of carboxylic acids is 1. The van der Waals surface area contributed by atoms with Crippen molar-refractivity contribution < 1.29 is 14.7 Å². The highest BCUT2D eigenvalue weighted by Crippen LogP contribution is 2.18. The zero-order chi connectivity index (χ0) is 10.7. The Labute approximate surface area is 82.5 Å². The minimum atomic E-state index is -0.883. The molecule has 0 radical (unpaired) electrons. The molecular weight excluding hydrogens is 182 g/mol. The maximum atomic E-state index is 11.3. The molecule has 0 bridgehead atoms. The van der Waals surface area contributed by atoms with Gasteiger partial charge >= 0.3 is 5.97 Å². The molecular formula is C10H13NO3. The molecule has 0 fully saturated rings. The summed E-state index contributed by atoms with van der Waals surface area (Å²) in [4.78, 5) is 23.4. The van der Waals surface area contributed by atoms with Crippen LogP contribution in [-0.4, -0.2) is 28.9 Å².